The van der Waals surface area contributed by atoms with Crippen molar-refractivity contribution in [2.45, 2.75) is 5.16 Å². The van der Waals surface area contributed by atoms with Crippen LogP contribution in [0.1, 0.15) is 0 Å². The van der Waals surface area contributed by atoms with Gasteiger partial charge in [-0.15, -0.1) is 0 Å². The summed E-state index contributed by atoms with van der Waals surface area (Å²) >= 11 is 1.30. The summed E-state index contributed by atoms with van der Waals surface area (Å²) in [5, 5.41) is 3.49. The fraction of sp³-hybridized carbons (Fsp3) is 0.158. The monoisotopic (exact) mass is 385 g/mol. The third-order valence-corrected chi connectivity index (χ3v) is 4.84. The Morgan fingerprint density at radius 2 is 1.93 bits per heavy atom. The zero-order valence-electron chi connectivity index (χ0n) is 14.2. The van der Waals surface area contributed by atoms with Crippen LogP contribution in [0.3, 0.4) is 0 Å². The van der Waals surface area contributed by atoms with E-state index >= 15 is 0 Å². The van der Waals surface area contributed by atoms with Gasteiger partial charge in [-0.2, -0.15) is 0 Å². The molecule has 3 aromatic rings. The van der Waals surface area contributed by atoms with Gasteiger partial charge in [-0.1, -0.05) is 11.8 Å². The van der Waals surface area contributed by atoms with Crippen molar-refractivity contribution in [3.63, 3.8) is 0 Å². The van der Waals surface area contributed by atoms with Gasteiger partial charge in [0, 0.05) is 29.8 Å². The summed E-state index contributed by atoms with van der Waals surface area (Å²) in [7, 11) is 0. The van der Waals surface area contributed by atoms with Crippen LogP contribution >= 0.6 is 11.8 Å². The lowest BCUT2D eigenvalue weighted by atomic mass is 10.2. The van der Waals surface area contributed by atoms with Crippen LogP contribution in [0, 0.1) is 5.82 Å². The summed E-state index contributed by atoms with van der Waals surface area (Å²) < 4.78 is 25.9. The van der Waals surface area contributed by atoms with Gasteiger partial charge < -0.3 is 14.8 Å². The van der Waals surface area contributed by atoms with Crippen LogP contribution in [-0.4, -0.2) is 34.4 Å². The lowest BCUT2D eigenvalue weighted by molar-refractivity contribution is -0.113. The Labute approximate surface area is 159 Å². The van der Waals surface area contributed by atoms with Gasteiger partial charge in [-0.05, 0) is 36.4 Å². The first-order valence-electron chi connectivity index (χ1n) is 8.31. The molecule has 2 aromatic carbocycles. The Balaban J connectivity index is 1.39. The van der Waals surface area contributed by atoms with Crippen LogP contribution in [0.2, 0.25) is 0 Å². The Morgan fingerprint density at radius 3 is 2.74 bits per heavy atom. The van der Waals surface area contributed by atoms with Crippen molar-refractivity contribution in [3.8, 4) is 17.2 Å². The van der Waals surface area contributed by atoms with Crippen molar-refractivity contribution < 1.29 is 18.7 Å². The summed E-state index contributed by atoms with van der Waals surface area (Å²) in [6, 6.07) is 11.4. The number of imidazole rings is 1. The summed E-state index contributed by atoms with van der Waals surface area (Å²) in [5.74, 6) is 1.03. The number of thioether (sulfide) groups is 1. The molecular weight excluding hydrogens is 369 g/mol. The number of carbonyl (C=O) groups is 1. The smallest absolute Gasteiger partial charge is 0.234 e. The maximum Gasteiger partial charge on any atom is 0.234 e. The second-order valence-electron chi connectivity index (χ2n) is 5.75. The van der Waals surface area contributed by atoms with Gasteiger partial charge in [0.1, 0.15) is 19.0 Å². The molecule has 0 saturated carbocycles. The molecule has 1 aliphatic heterocycles. The van der Waals surface area contributed by atoms with Crippen molar-refractivity contribution >= 4 is 23.4 Å². The van der Waals surface area contributed by atoms with E-state index in [9.17, 15) is 9.18 Å². The minimum atomic E-state index is -0.299. The number of ether oxygens (including phenoxy) is 2. The van der Waals surface area contributed by atoms with Crippen LogP contribution in [-0.2, 0) is 4.79 Å². The third-order valence-electron chi connectivity index (χ3n) is 3.87. The zero-order valence-corrected chi connectivity index (χ0v) is 15.0. The Bertz CT molecular complexity index is 959. The van der Waals surface area contributed by atoms with Gasteiger partial charge in [0.15, 0.2) is 16.7 Å². The number of hydrogen-bond donors (Lipinski definition) is 1. The molecule has 1 amide bonds. The molecular formula is C19H16FN3O3S. The maximum absolute atomic E-state index is 13.1. The standard InChI is InChI=1S/C19H16FN3O3S/c20-13-1-4-15(5-2-13)23-8-7-21-19(23)27-12-18(24)22-14-3-6-16-17(11-14)26-10-9-25-16/h1-8,11H,9-10,12H2,(H,22,24). The van der Waals surface area contributed by atoms with E-state index in [0.717, 1.165) is 5.69 Å². The number of anilines is 1. The number of nitrogens with zero attached hydrogens (tertiary/aromatic N) is 2. The first kappa shape index (κ1) is 17.4. The molecule has 1 aromatic heterocycles. The molecule has 0 bridgehead atoms. The number of halogens is 1. The van der Waals surface area contributed by atoms with E-state index in [1.807, 2.05) is 4.57 Å². The second kappa shape index (κ2) is 7.71. The average molecular weight is 385 g/mol. The molecule has 0 fully saturated rings. The second-order valence-corrected chi connectivity index (χ2v) is 6.69. The number of aromatic nitrogens is 2. The summed E-state index contributed by atoms with van der Waals surface area (Å²) in [6.45, 7) is 1.02. The van der Waals surface area contributed by atoms with E-state index < -0.39 is 0 Å². The largest absolute Gasteiger partial charge is 0.486 e. The highest BCUT2D eigenvalue weighted by Crippen LogP contribution is 2.32. The summed E-state index contributed by atoms with van der Waals surface area (Å²) in [5.41, 5.74) is 1.43. The highest BCUT2D eigenvalue weighted by atomic mass is 32.2. The summed E-state index contributed by atoms with van der Waals surface area (Å²) in [4.78, 5) is 16.5. The molecule has 2 heterocycles. The number of amides is 1. The molecule has 27 heavy (non-hydrogen) atoms. The fourth-order valence-corrected chi connectivity index (χ4v) is 3.42. The minimum Gasteiger partial charge on any atom is -0.486 e. The molecule has 1 aliphatic rings. The van der Waals surface area contributed by atoms with E-state index in [1.54, 1.807) is 42.7 Å². The SMILES string of the molecule is O=C(CSc1nccn1-c1ccc(F)cc1)Nc1ccc2c(c1)OCCO2. The van der Waals surface area contributed by atoms with Crippen LogP contribution < -0.4 is 14.8 Å². The molecule has 0 spiro atoms. The van der Waals surface area contributed by atoms with Gasteiger partial charge in [-0.25, -0.2) is 9.37 Å². The molecule has 0 aliphatic carbocycles. The molecule has 0 radical (unpaired) electrons. The highest BCUT2D eigenvalue weighted by Gasteiger charge is 2.14. The Morgan fingerprint density at radius 1 is 1.15 bits per heavy atom. The molecule has 0 saturated heterocycles. The van der Waals surface area contributed by atoms with Crippen LogP contribution in [0.5, 0.6) is 11.5 Å². The van der Waals surface area contributed by atoms with Crippen molar-refractivity contribution in [1.29, 1.82) is 0 Å². The number of rotatable bonds is 5. The molecule has 4 rings (SSSR count). The van der Waals surface area contributed by atoms with Crippen molar-refractivity contribution in [2.24, 2.45) is 0 Å². The van der Waals surface area contributed by atoms with Gasteiger partial charge in [-0.3, -0.25) is 9.36 Å². The molecule has 0 atom stereocenters. The van der Waals surface area contributed by atoms with E-state index in [1.165, 1.54) is 23.9 Å². The van der Waals surface area contributed by atoms with Crippen molar-refractivity contribution in [2.75, 3.05) is 24.3 Å². The van der Waals surface area contributed by atoms with E-state index in [2.05, 4.69) is 10.3 Å². The van der Waals surface area contributed by atoms with Gasteiger partial charge in [0.25, 0.3) is 0 Å². The normalized spacial score (nSPS) is 12.6. The summed E-state index contributed by atoms with van der Waals surface area (Å²) in [6.07, 6.45) is 3.42. The van der Waals surface area contributed by atoms with E-state index in [-0.39, 0.29) is 17.5 Å². The van der Waals surface area contributed by atoms with Crippen molar-refractivity contribution in [3.05, 3.63) is 60.7 Å². The first-order chi connectivity index (χ1) is 13.2. The van der Waals surface area contributed by atoms with Crippen LogP contribution in [0.4, 0.5) is 10.1 Å². The zero-order chi connectivity index (χ0) is 18.6. The third kappa shape index (κ3) is 4.06. The highest BCUT2D eigenvalue weighted by molar-refractivity contribution is 7.99. The maximum atomic E-state index is 13.1. The average Bonchev–Trinajstić information content (AvgIpc) is 3.15. The first-order valence-corrected chi connectivity index (χ1v) is 9.29. The predicted octanol–water partition coefficient (Wildman–Crippen LogP) is 3.51. The molecule has 6 nitrogen and oxygen atoms in total. The van der Waals surface area contributed by atoms with Gasteiger partial charge in [0.05, 0.1) is 5.75 Å². The van der Waals surface area contributed by atoms with Crippen LogP contribution in [0.15, 0.2) is 60.0 Å². The van der Waals surface area contributed by atoms with Gasteiger partial charge in [0.2, 0.25) is 5.91 Å². The minimum absolute atomic E-state index is 0.162. The lowest BCUT2D eigenvalue weighted by Gasteiger charge is -2.19. The number of nitrogens with one attached hydrogen (secondary N) is 1. The Hall–Kier alpha value is -3.00. The molecule has 0 unspecified atom stereocenters. The topological polar surface area (TPSA) is 65.4 Å². The molecule has 138 valence electrons. The van der Waals surface area contributed by atoms with E-state index in [0.29, 0.717) is 35.6 Å². The number of carbonyl (C=O) groups excluding carboxylic acids is 1. The Kier molecular flexibility index (Phi) is 4.97. The predicted molar refractivity (Wildman–Crippen MR) is 100 cm³/mol. The number of fused-ring (bicyclic) bond motifs is 1. The van der Waals surface area contributed by atoms with E-state index in [4.69, 9.17) is 9.47 Å². The lowest BCUT2D eigenvalue weighted by Crippen LogP contribution is -2.17. The molecule has 1 N–H and O–H groups in total. The van der Waals surface area contributed by atoms with Crippen LogP contribution in [0.25, 0.3) is 5.69 Å². The molecule has 8 heteroatoms. The van der Waals surface area contributed by atoms with Gasteiger partial charge >= 0.3 is 0 Å². The quantitative estimate of drug-likeness (QED) is 0.681. The number of hydrogen-bond acceptors (Lipinski definition) is 5. The van der Waals surface area contributed by atoms with Crippen molar-refractivity contribution in [1.82, 2.24) is 9.55 Å². The fourth-order valence-electron chi connectivity index (χ4n) is 2.64. The number of benzene rings is 2.